The van der Waals surface area contributed by atoms with Crippen LogP contribution in [0.2, 0.25) is 0 Å². The van der Waals surface area contributed by atoms with Crippen molar-refractivity contribution < 1.29 is 29.5 Å². The van der Waals surface area contributed by atoms with Crippen LogP contribution in [0.4, 0.5) is 0 Å². The molecule has 2 aromatic rings. The van der Waals surface area contributed by atoms with Crippen LogP contribution in [0.3, 0.4) is 0 Å². The zero-order valence-electron chi connectivity index (χ0n) is 17.0. The van der Waals surface area contributed by atoms with Gasteiger partial charge in [0.15, 0.2) is 0 Å². The minimum absolute atomic E-state index is 0.0216. The molecule has 0 aromatic heterocycles. The van der Waals surface area contributed by atoms with Gasteiger partial charge in [-0.1, -0.05) is 31.2 Å². The van der Waals surface area contributed by atoms with E-state index in [9.17, 15) is 15.3 Å². The molecule has 2 aromatic carbocycles. The van der Waals surface area contributed by atoms with Gasteiger partial charge in [0, 0.05) is 11.5 Å². The van der Waals surface area contributed by atoms with Gasteiger partial charge < -0.3 is 29.5 Å². The molecule has 3 N–H and O–H groups in total. The fourth-order valence-electron chi connectivity index (χ4n) is 4.41. The lowest BCUT2D eigenvalue weighted by Gasteiger charge is -2.47. The van der Waals surface area contributed by atoms with E-state index in [-0.39, 0.29) is 13.2 Å². The molecule has 2 bridgehead atoms. The Kier molecular flexibility index (Phi) is 5.17. The molecule has 0 unspecified atom stereocenters. The third-order valence-electron chi connectivity index (χ3n) is 6.38. The lowest BCUT2D eigenvalue weighted by molar-refractivity contribution is -0.317. The minimum Gasteiger partial charge on any atom is -0.497 e. The van der Waals surface area contributed by atoms with E-state index in [0.717, 1.165) is 22.4 Å². The van der Waals surface area contributed by atoms with E-state index < -0.39 is 29.5 Å². The number of hydrogen-bond acceptors (Lipinski definition) is 6. The van der Waals surface area contributed by atoms with E-state index in [0.29, 0.717) is 12.0 Å². The molecule has 0 saturated carbocycles. The van der Waals surface area contributed by atoms with Crippen LogP contribution in [0, 0.1) is 12.8 Å². The van der Waals surface area contributed by atoms with Crippen molar-refractivity contribution in [1.82, 2.24) is 0 Å². The quantitative estimate of drug-likeness (QED) is 0.711. The molecule has 0 spiro atoms. The second-order valence-corrected chi connectivity index (χ2v) is 8.20. The summed E-state index contributed by atoms with van der Waals surface area (Å²) in [6.07, 6.45) is -1.36. The number of aliphatic hydroxyl groups excluding tert-OH is 3. The van der Waals surface area contributed by atoms with Crippen molar-refractivity contribution in [1.29, 1.82) is 0 Å². The number of aryl methyl sites for hydroxylation is 1. The third-order valence-corrected chi connectivity index (χ3v) is 6.38. The van der Waals surface area contributed by atoms with Gasteiger partial charge in [0.2, 0.25) is 5.79 Å². The Balaban J connectivity index is 1.69. The number of benzene rings is 2. The highest BCUT2D eigenvalue weighted by Crippen LogP contribution is 2.51. The Labute approximate surface area is 170 Å². The normalized spacial score (nSPS) is 33.7. The number of fused-ring (bicyclic) bond motifs is 2. The van der Waals surface area contributed by atoms with Crippen molar-refractivity contribution in [2.45, 2.75) is 43.9 Å². The Bertz CT molecular complexity index is 881. The number of aliphatic hydroxyl groups is 3. The lowest BCUT2D eigenvalue weighted by atomic mass is 9.78. The second kappa shape index (κ2) is 7.38. The number of ether oxygens (including phenoxy) is 3. The summed E-state index contributed by atoms with van der Waals surface area (Å²) < 4.78 is 17.3. The largest absolute Gasteiger partial charge is 0.497 e. The molecule has 0 amide bonds. The summed E-state index contributed by atoms with van der Waals surface area (Å²) in [7, 11) is 1.64. The molecule has 156 valence electrons. The van der Waals surface area contributed by atoms with Crippen LogP contribution in [-0.4, -0.2) is 53.5 Å². The second-order valence-electron chi connectivity index (χ2n) is 8.20. The summed E-state index contributed by atoms with van der Waals surface area (Å²) in [6, 6.07) is 13.8. The molecule has 4 rings (SSSR count). The van der Waals surface area contributed by atoms with Crippen molar-refractivity contribution in [2.24, 2.45) is 5.92 Å². The molecule has 0 aliphatic carbocycles. The molecule has 2 fully saturated rings. The Hall–Kier alpha value is -1.96. The highest BCUT2D eigenvalue weighted by atomic mass is 16.8. The standard InChI is InChI=1S/C23H28O6/c1-14-4-7-18(11-17(14)10-16-5-8-19(27-3)9-6-16)23-21(26)15(2)20(25)22(12-24,29-23)13-28-23/h4-9,11,15,20-21,24-26H,10,12-13H2,1-3H3/t15-,20-,21+,22-,23-/m0/s1. The van der Waals surface area contributed by atoms with Gasteiger partial charge >= 0.3 is 0 Å². The smallest absolute Gasteiger partial charge is 0.223 e. The van der Waals surface area contributed by atoms with Gasteiger partial charge in [-0.05, 0) is 48.2 Å². The topological polar surface area (TPSA) is 88.4 Å². The van der Waals surface area contributed by atoms with Gasteiger partial charge in [0.05, 0.1) is 26.4 Å². The van der Waals surface area contributed by atoms with Crippen molar-refractivity contribution in [3.05, 3.63) is 64.7 Å². The van der Waals surface area contributed by atoms with Gasteiger partial charge in [0.1, 0.15) is 17.5 Å². The van der Waals surface area contributed by atoms with Crippen molar-refractivity contribution >= 4 is 0 Å². The highest BCUT2D eigenvalue weighted by molar-refractivity contribution is 5.39. The molecule has 6 heteroatoms. The molecule has 2 aliphatic heterocycles. The van der Waals surface area contributed by atoms with Crippen molar-refractivity contribution in [3.63, 3.8) is 0 Å². The Morgan fingerprint density at radius 1 is 1.10 bits per heavy atom. The number of rotatable bonds is 5. The van der Waals surface area contributed by atoms with Crippen LogP contribution >= 0.6 is 0 Å². The number of hydrogen-bond donors (Lipinski definition) is 3. The predicted molar refractivity (Wildman–Crippen MR) is 107 cm³/mol. The van der Waals surface area contributed by atoms with E-state index in [4.69, 9.17) is 14.2 Å². The Morgan fingerprint density at radius 3 is 2.48 bits per heavy atom. The maximum atomic E-state index is 11.0. The van der Waals surface area contributed by atoms with Crippen molar-refractivity contribution in [3.8, 4) is 5.75 Å². The van der Waals surface area contributed by atoms with Crippen molar-refractivity contribution in [2.75, 3.05) is 20.3 Å². The van der Waals surface area contributed by atoms with E-state index in [2.05, 4.69) is 0 Å². The first-order valence-corrected chi connectivity index (χ1v) is 9.89. The Morgan fingerprint density at radius 2 is 1.83 bits per heavy atom. The third kappa shape index (κ3) is 3.16. The van der Waals surface area contributed by atoms with E-state index in [1.165, 1.54) is 0 Å². The molecule has 29 heavy (non-hydrogen) atoms. The maximum absolute atomic E-state index is 11.0. The monoisotopic (exact) mass is 400 g/mol. The van der Waals surface area contributed by atoms with Crippen LogP contribution in [0.5, 0.6) is 5.75 Å². The summed E-state index contributed by atoms with van der Waals surface area (Å²) in [5.74, 6) is -1.10. The molecule has 2 saturated heterocycles. The fraction of sp³-hybridized carbons (Fsp3) is 0.478. The molecule has 6 nitrogen and oxygen atoms in total. The van der Waals surface area contributed by atoms with E-state index in [1.807, 2.05) is 49.4 Å². The average Bonchev–Trinajstić information content (AvgIpc) is 3.13. The predicted octanol–water partition coefficient (Wildman–Crippen LogP) is 1.90. The lowest BCUT2D eigenvalue weighted by Crippen LogP contribution is -2.62. The van der Waals surface area contributed by atoms with Crippen LogP contribution in [-0.2, 0) is 21.7 Å². The highest BCUT2D eigenvalue weighted by Gasteiger charge is 2.66. The molecule has 0 radical (unpaired) electrons. The van der Waals surface area contributed by atoms with Gasteiger partial charge in [-0.15, -0.1) is 0 Å². The molecular weight excluding hydrogens is 372 g/mol. The number of methoxy groups -OCH3 is 1. The summed E-state index contributed by atoms with van der Waals surface area (Å²) in [5, 5.41) is 31.4. The van der Waals surface area contributed by atoms with Crippen LogP contribution in [0.1, 0.15) is 29.2 Å². The summed E-state index contributed by atoms with van der Waals surface area (Å²) in [4.78, 5) is 0. The zero-order chi connectivity index (χ0) is 20.8. The zero-order valence-corrected chi connectivity index (χ0v) is 17.0. The maximum Gasteiger partial charge on any atom is 0.223 e. The molecular formula is C23H28O6. The first kappa shape index (κ1) is 20.3. The SMILES string of the molecule is COc1ccc(Cc2cc([C@]34OC[C@](CO)(O3)[C@@H](O)[C@H](C)[C@H]4O)ccc2C)cc1. The molecule has 2 aliphatic rings. The summed E-state index contributed by atoms with van der Waals surface area (Å²) in [5.41, 5.74) is 2.80. The van der Waals surface area contributed by atoms with E-state index in [1.54, 1.807) is 14.0 Å². The van der Waals surface area contributed by atoms with Crippen LogP contribution in [0.25, 0.3) is 0 Å². The van der Waals surface area contributed by atoms with Crippen LogP contribution < -0.4 is 4.74 Å². The molecule has 5 atom stereocenters. The average molecular weight is 400 g/mol. The summed E-state index contributed by atoms with van der Waals surface area (Å²) in [6.45, 7) is 3.43. The minimum atomic E-state index is -1.40. The van der Waals surface area contributed by atoms with Gasteiger partial charge in [0.25, 0.3) is 0 Å². The first-order chi connectivity index (χ1) is 13.8. The van der Waals surface area contributed by atoms with E-state index >= 15 is 0 Å². The summed E-state index contributed by atoms with van der Waals surface area (Å²) >= 11 is 0. The van der Waals surface area contributed by atoms with Gasteiger partial charge in [-0.2, -0.15) is 0 Å². The molecule has 2 heterocycles. The van der Waals surface area contributed by atoms with Gasteiger partial charge in [-0.3, -0.25) is 0 Å². The fourth-order valence-corrected chi connectivity index (χ4v) is 4.41. The van der Waals surface area contributed by atoms with Gasteiger partial charge in [-0.25, -0.2) is 0 Å². The van der Waals surface area contributed by atoms with Crippen LogP contribution in [0.15, 0.2) is 42.5 Å². The first-order valence-electron chi connectivity index (χ1n) is 9.89.